The summed E-state index contributed by atoms with van der Waals surface area (Å²) in [6.07, 6.45) is 1.95. The number of aromatic nitrogens is 1. The van der Waals surface area contributed by atoms with Crippen molar-refractivity contribution in [3.05, 3.63) is 66.4 Å². The van der Waals surface area contributed by atoms with Gasteiger partial charge in [-0.2, -0.15) is 0 Å². The fourth-order valence-electron chi connectivity index (χ4n) is 2.16. The molecule has 1 heterocycles. The summed E-state index contributed by atoms with van der Waals surface area (Å²) < 4.78 is 0. The minimum absolute atomic E-state index is 1.06. The molecule has 0 amide bonds. The summed E-state index contributed by atoms with van der Waals surface area (Å²) in [7, 11) is 0. The predicted molar refractivity (Wildman–Crippen MR) is 83.3 cm³/mol. The summed E-state index contributed by atoms with van der Waals surface area (Å²) in [6.45, 7) is 6.10. The Hall–Kier alpha value is -2.15. The summed E-state index contributed by atoms with van der Waals surface area (Å²) in [5.41, 5.74) is 3.45. The molecule has 0 unspecified atom stereocenters. The van der Waals surface area contributed by atoms with E-state index in [1.165, 1.54) is 21.9 Å². The highest BCUT2D eigenvalue weighted by Gasteiger charge is 2.05. The highest BCUT2D eigenvalue weighted by Crippen LogP contribution is 2.27. The molecule has 1 aromatic heterocycles. The Bertz CT molecular complexity index is 657. The molecule has 3 aromatic rings. The third-order valence-electron chi connectivity index (χ3n) is 3.04. The van der Waals surface area contributed by atoms with Crippen molar-refractivity contribution in [1.82, 2.24) is 4.98 Å². The summed E-state index contributed by atoms with van der Waals surface area (Å²) >= 11 is 0. The lowest BCUT2D eigenvalue weighted by molar-refractivity contribution is 1.31. The molecule has 1 heteroatoms. The first-order valence-corrected chi connectivity index (χ1v) is 6.76. The number of pyridine rings is 1. The molecule has 3 rings (SSSR count). The lowest BCUT2D eigenvalue weighted by Gasteiger charge is -2.07. The van der Waals surface area contributed by atoms with Crippen LogP contribution in [0.4, 0.5) is 0 Å². The van der Waals surface area contributed by atoms with Gasteiger partial charge in [-0.25, -0.2) is 0 Å². The van der Waals surface area contributed by atoms with Gasteiger partial charge < -0.3 is 0 Å². The van der Waals surface area contributed by atoms with E-state index in [0.717, 1.165) is 5.69 Å². The number of hydrogen-bond acceptors (Lipinski definition) is 1. The number of benzene rings is 2. The zero-order chi connectivity index (χ0) is 13.7. The van der Waals surface area contributed by atoms with E-state index < -0.39 is 0 Å². The van der Waals surface area contributed by atoms with E-state index in [1.54, 1.807) is 0 Å². The van der Waals surface area contributed by atoms with Crippen molar-refractivity contribution >= 4 is 10.8 Å². The largest absolute Gasteiger partial charge is 0.255 e. The smallest absolute Gasteiger partial charge is 0.0780 e. The van der Waals surface area contributed by atoms with E-state index in [4.69, 9.17) is 0 Å². The quantitative estimate of drug-likeness (QED) is 0.575. The predicted octanol–water partition coefficient (Wildman–Crippen LogP) is 5.24. The number of hydrogen-bond donors (Lipinski definition) is 0. The van der Waals surface area contributed by atoms with Gasteiger partial charge in [0.2, 0.25) is 0 Å². The molecule has 1 nitrogen and oxygen atoms in total. The zero-order valence-corrected chi connectivity index (χ0v) is 11.7. The number of fused-ring (bicyclic) bond motifs is 1. The number of aryl methyl sites for hydroxylation is 1. The Morgan fingerprint density at radius 3 is 2.00 bits per heavy atom. The van der Waals surface area contributed by atoms with Crippen molar-refractivity contribution in [3.63, 3.8) is 0 Å². The maximum absolute atomic E-state index is 4.58. The van der Waals surface area contributed by atoms with Gasteiger partial charge in [0.25, 0.3) is 0 Å². The lowest BCUT2D eigenvalue weighted by Crippen LogP contribution is -1.88. The highest BCUT2D eigenvalue weighted by molar-refractivity contribution is 5.96. The summed E-state index contributed by atoms with van der Waals surface area (Å²) in [6, 6.07) is 18.8. The van der Waals surface area contributed by atoms with E-state index in [1.807, 2.05) is 38.2 Å². The second kappa shape index (κ2) is 6.14. The van der Waals surface area contributed by atoms with E-state index in [0.29, 0.717) is 0 Å². The van der Waals surface area contributed by atoms with Crippen molar-refractivity contribution in [1.29, 1.82) is 0 Å². The van der Waals surface area contributed by atoms with Crippen LogP contribution < -0.4 is 0 Å². The number of nitrogens with zero attached hydrogens (tertiary/aromatic N) is 1. The van der Waals surface area contributed by atoms with Gasteiger partial charge in [0.05, 0.1) is 5.69 Å². The van der Waals surface area contributed by atoms with E-state index >= 15 is 0 Å². The third kappa shape index (κ3) is 2.65. The topological polar surface area (TPSA) is 12.9 Å². The van der Waals surface area contributed by atoms with Crippen LogP contribution in [0.5, 0.6) is 0 Å². The lowest BCUT2D eigenvalue weighted by atomic mass is 10.0. The maximum atomic E-state index is 4.58. The standard InChI is InChI=1S/C16H13N.C2H6/c1-12-11-17-16(13-7-3-2-4-8-13)15-10-6-5-9-14(12)15;1-2/h2-11H,1H3;1-2H3. The molecule has 0 saturated carbocycles. The number of rotatable bonds is 1. The first kappa shape index (κ1) is 13.3. The Labute approximate surface area is 114 Å². The first-order valence-electron chi connectivity index (χ1n) is 6.76. The monoisotopic (exact) mass is 249 g/mol. The van der Waals surface area contributed by atoms with Crippen LogP contribution in [0.3, 0.4) is 0 Å². The summed E-state index contributed by atoms with van der Waals surface area (Å²) in [5, 5.41) is 2.50. The Kier molecular flexibility index (Phi) is 4.30. The van der Waals surface area contributed by atoms with Crippen LogP contribution in [0.25, 0.3) is 22.0 Å². The molecule has 0 spiro atoms. The molecule has 0 aliphatic carbocycles. The molecule has 0 radical (unpaired) electrons. The zero-order valence-electron chi connectivity index (χ0n) is 11.7. The first-order chi connectivity index (χ1) is 9.36. The van der Waals surface area contributed by atoms with Gasteiger partial charge in [0, 0.05) is 17.1 Å². The molecule has 0 N–H and O–H groups in total. The Morgan fingerprint density at radius 2 is 1.32 bits per heavy atom. The van der Waals surface area contributed by atoms with E-state index in [-0.39, 0.29) is 0 Å². The van der Waals surface area contributed by atoms with Gasteiger partial charge in [0.15, 0.2) is 0 Å². The van der Waals surface area contributed by atoms with Gasteiger partial charge in [0.1, 0.15) is 0 Å². The normalized spacial score (nSPS) is 9.84. The molecule has 0 fully saturated rings. The summed E-state index contributed by atoms with van der Waals surface area (Å²) in [4.78, 5) is 4.58. The highest BCUT2D eigenvalue weighted by atomic mass is 14.7. The van der Waals surface area contributed by atoms with E-state index in [2.05, 4.69) is 48.3 Å². The summed E-state index contributed by atoms with van der Waals surface area (Å²) in [5.74, 6) is 0. The fraction of sp³-hybridized carbons (Fsp3) is 0.167. The van der Waals surface area contributed by atoms with Crippen LogP contribution in [0.2, 0.25) is 0 Å². The Morgan fingerprint density at radius 1 is 0.737 bits per heavy atom. The van der Waals surface area contributed by atoms with Crippen molar-refractivity contribution < 1.29 is 0 Å². The minimum Gasteiger partial charge on any atom is -0.255 e. The van der Waals surface area contributed by atoms with Crippen molar-refractivity contribution in [2.45, 2.75) is 20.8 Å². The van der Waals surface area contributed by atoms with Gasteiger partial charge in [-0.3, -0.25) is 4.98 Å². The molecule has 0 aliphatic heterocycles. The second-order valence-corrected chi connectivity index (χ2v) is 4.20. The van der Waals surface area contributed by atoms with Gasteiger partial charge in [-0.15, -0.1) is 0 Å². The minimum atomic E-state index is 1.06. The molecule has 96 valence electrons. The van der Waals surface area contributed by atoms with Gasteiger partial charge in [-0.05, 0) is 17.9 Å². The molecule has 0 saturated heterocycles. The van der Waals surface area contributed by atoms with Crippen LogP contribution >= 0.6 is 0 Å². The van der Waals surface area contributed by atoms with Gasteiger partial charge >= 0.3 is 0 Å². The molecule has 0 aliphatic rings. The molecular formula is C18H19N. The average Bonchev–Trinajstić information content (AvgIpc) is 2.51. The molecular weight excluding hydrogens is 230 g/mol. The maximum Gasteiger partial charge on any atom is 0.0780 e. The van der Waals surface area contributed by atoms with Crippen molar-refractivity contribution in [3.8, 4) is 11.3 Å². The van der Waals surface area contributed by atoms with E-state index in [9.17, 15) is 0 Å². The second-order valence-electron chi connectivity index (χ2n) is 4.20. The fourth-order valence-corrected chi connectivity index (χ4v) is 2.16. The average molecular weight is 249 g/mol. The Balaban J connectivity index is 0.000000637. The van der Waals surface area contributed by atoms with Gasteiger partial charge in [-0.1, -0.05) is 68.4 Å². The third-order valence-corrected chi connectivity index (χ3v) is 3.04. The van der Waals surface area contributed by atoms with Crippen LogP contribution in [0.1, 0.15) is 19.4 Å². The van der Waals surface area contributed by atoms with Crippen molar-refractivity contribution in [2.24, 2.45) is 0 Å². The van der Waals surface area contributed by atoms with Crippen LogP contribution in [-0.2, 0) is 0 Å². The molecule has 0 bridgehead atoms. The molecule has 2 aromatic carbocycles. The van der Waals surface area contributed by atoms with Crippen LogP contribution in [0.15, 0.2) is 60.8 Å². The molecule has 0 atom stereocenters. The van der Waals surface area contributed by atoms with Crippen molar-refractivity contribution in [2.75, 3.05) is 0 Å². The van der Waals surface area contributed by atoms with Crippen LogP contribution in [-0.4, -0.2) is 4.98 Å². The van der Waals surface area contributed by atoms with Crippen LogP contribution in [0, 0.1) is 6.92 Å². The molecule has 19 heavy (non-hydrogen) atoms. The SMILES string of the molecule is CC.Cc1cnc(-c2ccccc2)c2ccccc12.